The maximum atomic E-state index is 11.9. The number of aromatic nitrogens is 2. The summed E-state index contributed by atoms with van der Waals surface area (Å²) < 4.78 is 2.05. The van der Waals surface area contributed by atoms with Crippen molar-refractivity contribution in [1.82, 2.24) is 14.9 Å². The number of hydrogen-bond acceptors (Lipinski definition) is 3. The second kappa shape index (κ2) is 9.53. The van der Waals surface area contributed by atoms with Gasteiger partial charge in [0.2, 0.25) is 5.91 Å². The predicted molar refractivity (Wildman–Crippen MR) is 81.1 cm³/mol. The highest BCUT2D eigenvalue weighted by Gasteiger charge is 2.11. The van der Waals surface area contributed by atoms with Crippen LogP contribution in [0.2, 0.25) is 0 Å². The molecule has 0 radical (unpaired) electrons. The lowest BCUT2D eigenvalue weighted by molar-refractivity contribution is -0.124. The zero-order valence-corrected chi connectivity index (χ0v) is 12.7. The monoisotopic (exact) mass is 280 g/mol. The Labute approximate surface area is 122 Å². The molecule has 3 N–H and O–H groups in total. The molecule has 0 saturated heterocycles. The van der Waals surface area contributed by atoms with Crippen LogP contribution in [0, 0.1) is 5.92 Å². The second-order valence-corrected chi connectivity index (χ2v) is 5.61. The van der Waals surface area contributed by atoms with Crippen LogP contribution in [0.5, 0.6) is 0 Å². The lowest BCUT2D eigenvalue weighted by Gasteiger charge is -2.13. The van der Waals surface area contributed by atoms with E-state index in [1.54, 1.807) is 6.20 Å². The standard InChI is InChI=1S/C15H28N4O/c1-13(6-5-7-14(2)16)15(20)18-8-3-4-10-19-11-9-17-12-19/h9,11-14H,3-8,10,16H2,1-2H3,(H,18,20). The van der Waals surface area contributed by atoms with Crippen LogP contribution < -0.4 is 11.1 Å². The van der Waals surface area contributed by atoms with Crippen molar-refractivity contribution in [1.29, 1.82) is 0 Å². The van der Waals surface area contributed by atoms with Crippen molar-refractivity contribution in [3.63, 3.8) is 0 Å². The molecular formula is C15H28N4O. The summed E-state index contributed by atoms with van der Waals surface area (Å²) in [5, 5.41) is 3.01. The third kappa shape index (κ3) is 7.28. The maximum Gasteiger partial charge on any atom is 0.222 e. The summed E-state index contributed by atoms with van der Waals surface area (Å²) in [5.41, 5.74) is 5.70. The first-order valence-electron chi connectivity index (χ1n) is 7.58. The number of unbranched alkanes of at least 4 members (excludes halogenated alkanes) is 1. The van der Waals surface area contributed by atoms with Gasteiger partial charge in [-0.2, -0.15) is 0 Å². The average molecular weight is 280 g/mol. The Kier molecular flexibility index (Phi) is 7.95. The Morgan fingerprint density at radius 2 is 2.10 bits per heavy atom. The van der Waals surface area contributed by atoms with Gasteiger partial charge in [-0.3, -0.25) is 4.79 Å². The van der Waals surface area contributed by atoms with Crippen molar-refractivity contribution in [2.24, 2.45) is 11.7 Å². The van der Waals surface area contributed by atoms with Crippen LogP contribution in [0.1, 0.15) is 46.0 Å². The van der Waals surface area contributed by atoms with Gasteiger partial charge in [-0.15, -0.1) is 0 Å². The molecular weight excluding hydrogens is 252 g/mol. The summed E-state index contributed by atoms with van der Waals surface area (Å²) in [6.45, 7) is 5.71. The summed E-state index contributed by atoms with van der Waals surface area (Å²) in [6.07, 6.45) is 10.5. The van der Waals surface area contributed by atoms with Gasteiger partial charge in [0, 0.05) is 37.4 Å². The van der Waals surface area contributed by atoms with Crippen LogP contribution in [0.25, 0.3) is 0 Å². The van der Waals surface area contributed by atoms with Crippen LogP contribution in [-0.2, 0) is 11.3 Å². The molecule has 0 aliphatic heterocycles. The molecule has 1 rings (SSSR count). The van der Waals surface area contributed by atoms with E-state index in [2.05, 4.69) is 14.9 Å². The fraction of sp³-hybridized carbons (Fsp3) is 0.733. The van der Waals surface area contributed by atoms with E-state index in [0.29, 0.717) is 0 Å². The normalized spacial score (nSPS) is 13.9. The molecule has 1 aromatic heterocycles. The number of amides is 1. The SMILES string of the molecule is CC(N)CCCC(C)C(=O)NCCCCn1ccnc1. The largest absolute Gasteiger partial charge is 0.356 e. The Balaban J connectivity index is 2.01. The number of imidazole rings is 1. The molecule has 0 aliphatic rings. The number of nitrogens with two attached hydrogens (primary N) is 1. The molecule has 5 nitrogen and oxygen atoms in total. The molecule has 2 atom stereocenters. The number of aryl methyl sites for hydroxylation is 1. The van der Waals surface area contributed by atoms with E-state index in [-0.39, 0.29) is 17.9 Å². The minimum absolute atomic E-state index is 0.0856. The Morgan fingerprint density at radius 1 is 1.30 bits per heavy atom. The zero-order chi connectivity index (χ0) is 14.8. The summed E-state index contributed by atoms with van der Waals surface area (Å²) >= 11 is 0. The van der Waals surface area contributed by atoms with E-state index in [1.807, 2.05) is 26.4 Å². The maximum absolute atomic E-state index is 11.9. The average Bonchev–Trinajstić information content (AvgIpc) is 2.90. The first-order chi connectivity index (χ1) is 9.59. The summed E-state index contributed by atoms with van der Waals surface area (Å²) in [7, 11) is 0. The number of carbonyl (C=O) groups is 1. The van der Waals surface area contributed by atoms with Gasteiger partial charge in [-0.1, -0.05) is 13.3 Å². The molecule has 0 saturated carbocycles. The molecule has 0 aliphatic carbocycles. The smallest absolute Gasteiger partial charge is 0.222 e. The number of hydrogen-bond donors (Lipinski definition) is 2. The van der Waals surface area contributed by atoms with Gasteiger partial charge in [-0.25, -0.2) is 4.98 Å². The fourth-order valence-corrected chi connectivity index (χ4v) is 2.10. The van der Waals surface area contributed by atoms with Crippen molar-refractivity contribution in [3.8, 4) is 0 Å². The molecule has 2 unspecified atom stereocenters. The minimum atomic E-state index is 0.0856. The third-order valence-corrected chi connectivity index (χ3v) is 3.45. The van der Waals surface area contributed by atoms with Gasteiger partial charge >= 0.3 is 0 Å². The van der Waals surface area contributed by atoms with Crippen LogP contribution >= 0.6 is 0 Å². The van der Waals surface area contributed by atoms with E-state index >= 15 is 0 Å². The molecule has 114 valence electrons. The van der Waals surface area contributed by atoms with E-state index < -0.39 is 0 Å². The van der Waals surface area contributed by atoms with Crippen LogP contribution in [-0.4, -0.2) is 28.0 Å². The Morgan fingerprint density at radius 3 is 2.75 bits per heavy atom. The number of nitrogens with zero attached hydrogens (tertiary/aromatic N) is 2. The van der Waals surface area contributed by atoms with E-state index in [1.165, 1.54) is 0 Å². The second-order valence-electron chi connectivity index (χ2n) is 5.61. The van der Waals surface area contributed by atoms with Crippen molar-refractivity contribution in [2.45, 2.75) is 58.5 Å². The molecule has 0 fully saturated rings. The topological polar surface area (TPSA) is 72.9 Å². The molecule has 1 heterocycles. The Hall–Kier alpha value is -1.36. The molecule has 0 bridgehead atoms. The number of nitrogens with one attached hydrogen (secondary N) is 1. The number of carbonyl (C=O) groups excluding carboxylic acids is 1. The lowest BCUT2D eigenvalue weighted by atomic mass is 10.0. The number of rotatable bonds is 10. The first kappa shape index (κ1) is 16.7. The van der Waals surface area contributed by atoms with Gasteiger partial charge < -0.3 is 15.6 Å². The molecule has 0 aromatic carbocycles. The summed E-state index contributed by atoms with van der Waals surface area (Å²) in [5.74, 6) is 0.250. The highest BCUT2D eigenvalue weighted by molar-refractivity contribution is 5.78. The fourth-order valence-electron chi connectivity index (χ4n) is 2.10. The van der Waals surface area contributed by atoms with Crippen LogP contribution in [0.15, 0.2) is 18.7 Å². The van der Waals surface area contributed by atoms with Gasteiger partial charge in [-0.05, 0) is 32.6 Å². The molecule has 1 aromatic rings. The molecule has 20 heavy (non-hydrogen) atoms. The quantitative estimate of drug-likeness (QED) is 0.643. The predicted octanol–water partition coefficient (Wildman–Crippen LogP) is 1.93. The van der Waals surface area contributed by atoms with Crippen LogP contribution in [0.4, 0.5) is 0 Å². The highest BCUT2D eigenvalue weighted by Crippen LogP contribution is 2.09. The van der Waals surface area contributed by atoms with Crippen LogP contribution in [0.3, 0.4) is 0 Å². The van der Waals surface area contributed by atoms with Gasteiger partial charge in [0.25, 0.3) is 0 Å². The van der Waals surface area contributed by atoms with E-state index in [0.717, 1.165) is 45.2 Å². The van der Waals surface area contributed by atoms with Crippen molar-refractivity contribution in [3.05, 3.63) is 18.7 Å². The molecule has 0 spiro atoms. The molecule has 1 amide bonds. The summed E-state index contributed by atoms with van der Waals surface area (Å²) in [6, 6.07) is 0.230. The first-order valence-corrected chi connectivity index (χ1v) is 7.58. The van der Waals surface area contributed by atoms with E-state index in [4.69, 9.17) is 5.73 Å². The van der Waals surface area contributed by atoms with Gasteiger partial charge in [0.05, 0.1) is 6.33 Å². The van der Waals surface area contributed by atoms with E-state index in [9.17, 15) is 4.79 Å². The minimum Gasteiger partial charge on any atom is -0.356 e. The van der Waals surface area contributed by atoms with Gasteiger partial charge in [0.1, 0.15) is 0 Å². The lowest BCUT2D eigenvalue weighted by Crippen LogP contribution is -2.30. The zero-order valence-electron chi connectivity index (χ0n) is 12.7. The molecule has 5 heteroatoms. The van der Waals surface area contributed by atoms with Crippen molar-refractivity contribution < 1.29 is 4.79 Å². The van der Waals surface area contributed by atoms with Gasteiger partial charge in [0.15, 0.2) is 0 Å². The summed E-state index contributed by atoms with van der Waals surface area (Å²) in [4.78, 5) is 15.9. The van der Waals surface area contributed by atoms with Crippen molar-refractivity contribution >= 4 is 5.91 Å². The Bertz CT molecular complexity index is 362. The highest BCUT2D eigenvalue weighted by atomic mass is 16.1. The van der Waals surface area contributed by atoms with Crippen molar-refractivity contribution in [2.75, 3.05) is 6.54 Å². The third-order valence-electron chi connectivity index (χ3n) is 3.45.